The fourth-order valence-corrected chi connectivity index (χ4v) is 1.99. The molecule has 3 amide bonds. The van der Waals surface area contributed by atoms with Crippen molar-refractivity contribution < 1.29 is 14.4 Å². The van der Waals surface area contributed by atoms with Gasteiger partial charge in [0.15, 0.2) is 0 Å². The third kappa shape index (κ3) is 6.37. The van der Waals surface area contributed by atoms with Crippen LogP contribution in [0.1, 0.15) is 38.1 Å². The SMILES string of the molecule is C[C@@H](C(=O)Nc1ccc(C(N)=O)cc1)N(C)CC(=O)NC(C)(C)C. The van der Waals surface area contributed by atoms with E-state index in [1.165, 1.54) is 0 Å². The van der Waals surface area contributed by atoms with E-state index >= 15 is 0 Å². The number of rotatable bonds is 6. The van der Waals surface area contributed by atoms with E-state index in [0.29, 0.717) is 11.3 Å². The summed E-state index contributed by atoms with van der Waals surface area (Å²) in [5.41, 5.74) is 5.79. The molecule has 0 aliphatic rings. The number of carbonyl (C=O) groups is 3. The second kappa shape index (κ2) is 7.92. The summed E-state index contributed by atoms with van der Waals surface area (Å²) in [4.78, 5) is 36.9. The van der Waals surface area contributed by atoms with Gasteiger partial charge in [-0.05, 0) is 59.0 Å². The van der Waals surface area contributed by atoms with Gasteiger partial charge in [0.2, 0.25) is 17.7 Å². The van der Waals surface area contributed by atoms with Crippen molar-refractivity contribution in [1.82, 2.24) is 10.2 Å². The number of nitrogens with zero attached hydrogens (tertiary/aromatic N) is 1. The predicted octanol–water partition coefficient (Wildman–Crippen LogP) is 0.959. The van der Waals surface area contributed by atoms with Crippen LogP contribution in [0.5, 0.6) is 0 Å². The van der Waals surface area contributed by atoms with Gasteiger partial charge in [-0.15, -0.1) is 0 Å². The number of primary amides is 1. The Bertz CT molecular complexity index is 605. The fraction of sp³-hybridized carbons (Fsp3) is 0.471. The van der Waals surface area contributed by atoms with E-state index in [1.807, 2.05) is 20.8 Å². The molecule has 132 valence electrons. The molecule has 7 nitrogen and oxygen atoms in total. The highest BCUT2D eigenvalue weighted by Crippen LogP contribution is 2.10. The van der Waals surface area contributed by atoms with Gasteiger partial charge < -0.3 is 16.4 Å². The first kappa shape index (κ1) is 19.6. The lowest BCUT2D eigenvalue weighted by molar-refractivity contribution is -0.125. The highest BCUT2D eigenvalue weighted by atomic mass is 16.2. The van der Waals surface area contributed by atoms with Crippen LogP contribution in [-0.2, 0) is 9.59 Å². The molecule has 0 unspecified atom stereocenters. The van der Waals surface area contributed by atoms with Crippen LogP contribution in [0.25, 0.3) is 0 Å². The molecule has 0 fully saturated rings. The number of benzene rings is 1. The second-order valence-corrected chi connectivity index (χ2v) is 6.82. The third-order valence-corrected chi connectivity index (χ3v) is 3.38. The number of hydrogen-bond acceptors (Lipinski definition) is 4. The largest absolute Gasteiger partial charge is 0.366 e. The van der Waals surface area contributed by atoms with Gasteiger partial charge in [0.05, 0.1) is 12.6 Å². The molecule has 1 aromatic rings. The van der Waals surface area contributed by atoms with Crippen molar-refractivity contribution in [3.63, 3.8) is 0 Å². The summed E-state index contributed by atoms with van der Waals surface area (Å²) in [7, 11) is 1.71. The van der Waals surface area contributed by atoms with Gasteiger partial charge in [0, 0.05) is 16.8 Å². The summed E-state index contributed by atoms with van der Waals surface area (Å²) in [5, 5.41) is 5.60. The Morgan fingerprint density at radius 3 is 2.17 bits per heavy atom. The Morgan fingerprint density at radius 1 is 1.17 bits per heavy atom. The van der Waals surface area contributed by atoms with Crippen LogP contribution in [0.3, 0.4) is 0 Å². The molecule has 0 radical (unpaired) electrons. The molecule has 4 N–H and O–H groups in total. The summed E-state index contributed by atoms with van der Waals surface area (Å²) in [6, 6.07) is 5.81. The molecule has 0 heterocycles. The van der Waals surface area contributed by atoms with Crippen molar-refractivity contribution in [3.05, 3.63) is 29.8 Å². The van der Waals surface area contributed by atoms with E-state index in [-0.39, 0.29) is 23.9 Å². The summed E-state index contributed by atoms with van der Waals surface area (Å²) >= 11 is 0. The lowest BCUT2D eigenvalue weighted by Crippen LogP contribution is -2.49. The van der Waals surface area contributed by atoms with Gasteiger partial charge >= 0.3 is 0 Å². The Hall–Kier alpha value is -2.41. The highest BCUT2D eigenvalue weighted by molar-refractivity contribution is 5.96. The molecule has 1 atom stereocenters. The molecule has 0 aliphatic heterocycles. The van der Waals surface area contributed by atoms with E-state index in [2.05, 4.69) is 10.6 Å². The molecular formula is C17H26N4O3. The normalized spacial score (nSPS) is 12.6. The Labute approximate surface area is 142 Å². The molecule has 1 aromatic carbocycles. The van der Waals surface area contributed by atoms with Crippen LogP contribution in [-0.4, -0.2) is 47.8 Å². The van der Waals surface area contributed by atoms with Crippen LogP contribution >= 0.6 is 0 Å². The number of nitrogens with two attached hydrogens (primary N) is 1. The zero-order valence-electron chi connectivity index (χ0n) is 14.8. The van der Waals surface area contributed by atoms with Crippen LogP contribution in [0.4, 0.5) is 5.69 Å². The van der Waals surface area contributed by atoms with E-state index < -0.39 is 11.9 Å². The number of anilines is 1. The highest BCUT2D eigenvalue weighted by Gasteiger charge is 2.22. The topological polar surface area (TPSA) is 105 Å². The van der Waals surface area contributed by atoms with Gasteiger partial charge in [0.1, 0.15) is 0 Å². The lowest BCUT2D eigenvalue weighted by atomic mass is 10.1. The molecular weight excluding hydrogens is 308 g/mol. The van der Waals surface area contributed by atoms with E-state index in [1.54, 1.807) is 43.1 Å². The van der Waals surface area contributed by atoms with Crippen molar-refractivity contribution in [2.75, 3.05) is 18.9 Å². The van der Waals surface area contributed by atoms with E-state index in [4.69, 9.17) is 5.73 Å². The summed E-state index contributed by atoms with van der Waals surface area (Å²) in [6.07, 6.45) is 0. The zero-order chi connectivity index (χ0) is 18.5. The fourth-order valence-electron chi connectivity index (χ4n) is 1.99. The van der Waals surface area contributed by atoms with Crippen molar-refractivity contribution in [1.29, 1.82) is 0 Å². The minimum atomic E-state index is -0.522. The van der Waals surface area contributed by atoms with E-state index in [0.717, 1.165) is 0 Å². The minimum absolute atomic E-state index is 0.118. The second-order valence-electron chi connectivity index (χ2n) is 6.82. The van der Waals surface area contributed by atoms with Gasteiger partial charge in [-0.2, -0.15) is 0 Å². The van der Waals surface area contributed by atoms with Gasteiger partial charge in [-0.25, -0.2) is 0 Å². The standard InChI is InChI=1S/C17H26N4O3/c1-11(21(5)10-14(22)20-17(2,3)4)16(24)19-13-8-6-12(7-9-13)15(18)23/h6-9,11H,10H2,1-5H3,(H2,18,23)(H,19,24)(H,20,22)/t11-/m0/s1. The first-order chi connectivity index (χ1) is 11.0. The third-order valence-electron chi connectivity index (χ3n) is 3.38. The molecule has 7 heteroatoms. The number of carbonyl (C=O) groups excluding carboxylic acids is 3. The number of amides is 3. The van der Waals surface area contributed by atoms with Crippen LogP contribution in [0.2, 0.25) is 0 Å². The molecule has 0 saturated carbocycles. The quantitative estimate of drug-likeness (QED) is 0.720. The average molecular weight is 334 g/mol. The van der Waals surface area contributed by atoms with Crippen LogP contribution in [0.15, 0.2) is 24.3 Å². The summed E-state index contributed by atoms with van der Waals surface area (Å²) in [6.45, 7) is 7.54. The maximum absolute atomic E-state index is 12.3. The molecule has 1 rings (SSSR count). The van der Waals surface area contributed by atoms with Crippen LogP contribution in [0, 0.1) is 0 Å². The minimum Gasteiger partial charge on any atom is -0.366 e. The molecule has 0 aromatic heterocycles. The van der Waals surface area contributed by atoms with Gasteiger partial charge in [-0.1, -0.05) is 0 Å². The Kier molecular flexibility index (Phi) is 6.48. The van der Waals surface area contributed by atoms with Crippen molar-refractivity contribution in [2.45, 2.75) is 39.3 Å². The molecule has 24 heavy (non-hydrogen) atoms. The van der Waals surface area contributed by atoms with E-state index in [9.17, 15) is 14.4 Å². The van der Waals surface area contributed by atoms with Gasteiger partial charge in [0.25, 0.3) is 0 Å². The monoisotopic (exact) mass is 334 g/mol. The lowest BCUT2D eigenvalue weighted by Gasteiger charge is -2.26. The zero-order valence-corrected chi connectivity index (χ0v) is 14.8. The average Bonchev–Trinajstić information content (AvgIpc) is 2.44. The Balaban J connectivity index is 2.60. The first-order valence-corrected chi connectivity index (χ1v) is 7.71. The summed E-state index contributed by atoms with van der Waals surface area (Å²) < 4.78 is 0. The first-order valence-electron chi connectivity index (χ1n) is 7.71. The number of nitrogens with one attached hydrogen (secondary N) is 2. The molecule has 0 spiro atoms. The number of likely N-dealkylation sites (N-methyl/N-ethyl adjacent to an activating group) is 1. The van der Waals surface area contributed by atoms with Crippen LogP contribution < -0.4 is 16.4 Å². The smallest absolute Gasteiger partial charge is 0.248 e. The maximum atomic E-state index is 12.3. The summed E-state index contributed by atoms with van der Waals surface area (Å²) in [5.74, 6) is -0.908. The Morgan fingerprint density at radius 2 is 1.71 bits per heavy atom. The molecule has 0 aliphatic carbocycles. The maximum Gasteiger partial charge on any atom is 0.248 e. The molecule has 0 saturated heterocycles. The molecule has 0 bridgehead atoms. The predicted molar refractivity (Wildman–Crippen MR) is 93.6 cm³/mol. The van der Waals surface area contributed by atoms with Crippen molar-refractivity contribution in [2.24, 2.45) is 5.73 Å². The van der Waals surface area contributed by atoms with Gasteiger partial charge in [-0.3, -0.25) is 19.3 Å². The number of hydrogen-bond donors (Lipinski definition) is 3. The van der Waals surface area contributed by atoms with Crippen molar-refractivity contribution in [3.8, 4) is 0 Å². The van der Waals surface area contributed by atoms with Crippen molar-refractivity contribution >= 4 is 23.4 Å².